The van der Waals surface area contributed by atoms with Crippen LogP contribution in [0.15, 0.2) is 64.6 Å². The van der Waals surface area contributed by atoms with Crippen molar-refractivity contribution >= 4 is 29.0 Å². The van der Waals surface area contributed by atoms with E-state index in [1.165, 1.54) is 11.8 Å². The fourth-order valence-corrected chi connectivity index (χ4v) is 2.87. The molecular weight excluding hydrogens is 340 g/mol. The molecule has 0 saturated carbocycles. The van der Waals surface area contributed by atoms with Gasteiger partial charge in [-0.25, -0.2) is 0 Å². The number of amides is 1. The minimum Gasteiger partial charge on any atom is -0.463 e. The van der Waals surface area contributed by atoms with Gasteiger partial charge in [-0.1, -0.05) is 11.8 Å². The van der Waals surface area contributed by atoms with E-state index < -0.39 is 0 Å². The maximum atomic E-state index is 12.0. The third-order valence-electron chi connectivity index (χ3n) is 3.29. The van der Waals surface area contributed by atoms with E-state index in [0.29, 0.717) is 27.9 Å². The van der Waals surface area contributed by atoms with Crippen molar-refractivity contribution in [1.82, 2.24) is 24.8 Å². The zero-order valence-corrected chi connectivity index (χ0v) is 13.7. The molecule has 4 heterocycles. The third kappa shape index (κ3) is 3.36. The maximum absolute atomic E-state index is 12.0. The average Bonchev–Trinajstić information content (AvgIpc) is 3.30. The molecule has 0 fully saturated rings. The lowest BCUT2D eigenvalue weighted by molar-refractivity contribution is -0.113. The highest BCUT2D eigenvalue weighted by Gasteiger charge is 2.12. The number of rotatable bonds is 5. The van der Waals surface area contributed by atoms with Gasteiger partial charge in [0.1, 0.15) is 5.69 Å². The van der Waals surface area contributed by atoms with Crippen molar-refractivity contribution in [1.29, 1.82) is 0 Å². The van der Waals surface area contributed by atoms with Crippen LogP contribution in [0.1, 0.15) is 0 Å². The summed E-state index contributed by atoms with van der Waals surface area (Å²) < 4.78 is 6.95. The highest BCUT2D eigenvalue weighted by Crippen LogP contribution is 2.21. The van der Waals surface area contributed by atoms with Gasteiger partial charge >= 0.3 is 0 Å². The quantitative estimate of drug-likeness (QED) is 0.551. The molecule has 4 aromatic heterocycles. The predicted octanol–water partition coefficient (Wildman–Crippen LogP) is 2.51. The maximum Gasteiger partial charge on any atom is 0.234 e. The standard InChI is InChI=1S/C16H12N6O2S/c23-15(18-11-3-1-7-17-9-11)10-25-16-20-19-14-6-5-12(21-22(14)16)13-4-2-8-24-13/h1-9H,10H2,(H,18,23). The van der Waals surface area contributed by atoms with Gasteiger partial charge in [-0.05, 0) is 36.4 Å². The van der Waals surface area contributed by atoms with Crippen LogP contribution in [0.3, 0.4) is 0 Å². The van der Waals surface area contributed by atoms with Gasteiger partial charge in [-0.15, -0.1) is 10.2 Å². The minimum absolute atomic E-state index is 0.156. The summed E-state index contributed by atoms with van der Waals surface area (Å²) in [6.07, 6.45) is 4.83. The van der Waals surface area contributed by atoms with Crippen LogP contribution in [-0.2, 0) is 4.79 Å². The second-order valence-corrected chi connectivity index (χ2v) is 5.97. The van der Waals surface area contributed by atoms with Gasteiger partial charge in [-0.3, -0.25) is 9.78 Å². The predicted molar refractivity (Wildman–Crippen MR) is 92.1 cm³/mol. The number of thioether (sulfide) groups is 1. The lowest BCUT2D eigenvalue weighted by atomic mass is 10.3. The molecule has 4 aromatic rings. The fraction of sp³-hybridized carbons (Fsp3) is 0.0625. The Kier molecular flexibility index (Phi) is 4.13. The van der Waals surface area contributed by atoms with Crippen LogP contribution in [0.4, 0.5) is 5.69 Å². The Labute approximate surface area is 146 Å². The number of anilines is 1. The van der Waals surface area contributed by atoms with Crippen LogP contribution in [-0.4, -0.2) is 36.5 Å². The summed E-state index contributed by atoms with van der Waals surface area (Å²) in [5.41, 5.74) is 1.92. The van der Waals surface area contributed by atoms with Crippen LogP contribution < -0.4 is 5.32 Å². The van der Waals surface area contributed by atoms with E-state index in [2.05, 4.69) is 25.6 Å². The highest BCUT2D eigenvalue weighted by atomic mass is 32.2. The summed E-state index contributed by atoms with van der Waals surface area (Å²) in [5, 5.41) is 15.9. The van der Waals surface area contributed by atoms with Crippen LogP contribution in [0.25, 0.3) is 17.1 Å². The molecule has 1 amide bonds. The fourth-order valence-electron chi connectivity index (χ4n) is 2.18. The summed E-state index contributed by atoms with van der Waals surface area (Å²) in [6.45, 7) is 0. The summed E-state index contributed by atoms with van der Waals surface area (Å²) in [4.78, 5) is 16.0. The zero-order chi connectivity index (χ0) is 17.1. The van der Waals surface area contributed by atoms with Crippen LogP contribution in [0.5, 0.6) is 0 Å². The number of fused-ring (bicyclic) bond motifs is 1. The Morgan fingerprint density at radius 2 is 2.16 bits per heavy atom. The molecule has 0 spiro atoms. The molecule has 0 atom stereocenters. The Bertz CT molecular complexity index is 1000. The molecule has 0 aliphatic rings. The third-order valence-corrected chi connectivity index (χ3v) is 4.20. The van der Waals surface area contributed by atoms with Gasteiger partial charge in [0, 0.05) is 6.20 Å². The minimum atomic E-state index is -0.156. The zero-order valence-electron chi connectivity index (χ0n) is 12.9. The number of hydrogen-bond donors (Lipinski definition) is 1. The Hall–Kier alpha value is -3.20. The normalized spacial score (nSPS) is 10.9. The van der Waals surface area contributed by atoms with Gasteiger partial charge < -0.3 is 9.73 Å². The molecule has 124 valence electrons. The number of carbonyl (C=O) groups excluding carboxylic acids is 1. The Balaban J connectivity index is 1.49. The van der Waals surface area contributed by atoms with E-state index in [1.54, 1.807) is 47.4 Å². The number of pyridine rings is 1. The van der Waals surface area contributed by atoms with E-state index in [-0.39, 0.29) is 11.7 Å². The van der Waals surface area contributed by atoms with Gasteiger partial charge in [-0.2, -0.15) is 9.61 Å². The molecule has 0 saturated heterocycles. The molecule has 8 nitrogen and oxygen atoms in total. The molecule has 0 aliphatic heterocycles. The lowest BCUT2D eigenvalue weighted by Gasteiger charge is -2.03. The van der Waals surface area contributed by atoms with Gasteiger partial charge in [0.15, 0.2) is 11.4 Å². The first kappa shape index (κ1) is 15.3. The van der Waals surface area contributed by atoms with E-state index in [4.69, 9.17) is 4.42 Å². The summed E-state index contributed by atoms with van der Waals surface area (Å²) in [5.74, 6) is 0.681. The number of nitrogens with zero attached hydrogens (tertiary/aromatic N) is 5. The number of furan rings is 1. The monoisotopic (exact) mass is 352 g/mol. The molecular formula is C16H12N6O2S. The molecule has 9 heteroatoms. The molecule has 25 heavy (non-hydrogen) atoms. The molecule has 0 aromatic carbocycles. The smallest absolute Gasteiger partial charge is 0.234 e. The van der Waals surface area contributed by atoms with Crippen molar-refractivity contribution in [2.45, 2.75) is 5.16 Å². The number of nitrogens with one attached hydrogen (secondary N) is 1. The first-order valence-electron chi connectivity index (χ1n) is 7.38. The largest absolute Gasteiger partial charge is 0.463 e. The molecule has 0 bridgehead atoms. The Morgan fingerprint density at radius 3 is 2.96 bits per heavy atom. The van der Waals surface area contributed by atoms with Crippen LogP contribution in [0, 0.1) is 0 Å². The van der Waals surface area contributed by atoms with E-state index in [0.717, 1.165) is 0 Å². The molecule has 4 rings (SSSR count). The van der Waals surface area contributed by atoms with Crippen molar-refractivity contribution in [2.24, 2.45) is 0 Å². The van der Waals surface area contributed by atoms with Crippen molar-refractivity contribution in [3.63, 3.8) is 0 Å². The van der Waals surface area contributed by atoms with Crippen LogP contribution >= 0.6 is 11.8 Å². The molecule has 0 radical (unpaired) electrons. The van der Waals surface area contributed by atoms with E-state index in [1.807, 2.05) is 12.1 Å². The van der Waals surface area contributed by atoms with E-state index >= 15 is 0 Å². The topological polar surface area (TPSA) is 98.2 Å². The second-order valence-electron chi connectivity index (χ2n) is 5.03. The van der Waals surface area contributed by atoms with Gasteiger partial charge in [0.05, 0.1) is 23.9 Å². The summed E-state index contributed by atoms with van der Waals surface area (Å²) in [7, 11) is 0. The molecule has 0 unspecified atom stereocenters. The average molecular weight is 352 g/mol. The van der Waals surface area contributed by atoms with Crippen molar-refractivity contribution < 1.29 is 9.21 Å². The number of aromatic nitrogens is 5. The summed E-state index contributed by atoms with van der Waals surface area (Å²) >= 11 is 1.25. The molecule has 0 aliphatic carbocycles. The van der Waals surface area contributed by atoms with Gasteiger partial charge in [0.2, 0.25) is 11.1 Å². The first-order valence-corrected chi connectivity index (χ1v) is 8.37. The first-order chi connectivity index (χ1) is 12.3. The van der Waals surface area contributed by atoms with E-state index in [9.17, 15) is 4.79 Å². The summed E-state index contributed by atoms with van der Waals surface area (Å²) in [6, 6.07) is 10.8. The number of hydrogen-bond acceptors (Lipinski definition) is 7. The van der Waals surface area contributed by atoms with Crippen molar-refractivity contribution in [2.75, 3.05) is 11.1 Å². The second kappa shape index (κ2) is 6.73. The van der Waals surface area contributed by atoms with Crippen LogP contribution in [0.2, 0.25) is 0 Å². The number of carbonyl (C=O) groups is 1. The van der Waals surface area contributed by atoms with Gasteiger partial charge in [0.25, 0.3) is 0 Å². The lowest BCUT2D eigenvalue weighted by Crippen LogP contribution is -2.14. The Morgan fingerprint density at radius 1 is 1.20 bits per heavy atom. The van der Waals surface area contributed by atoms with Crippen molar-refractivity contribution in [3.8, 4) is 11.5 Å². The van der Waals surface area contributed by atoms with Crippen molar-refractivity contribution in [3.05, 3.63) is 55.1 Å². The molecule has 1 N–H and O–H groups in total. The SMILES string of the molecule is O=C(CSc1nnc2ccc(-c3ccco3)nn12)Nc1cccnc1. The highest BCUT2D eigenvalue weighted by molar-refractivity contribution is 7.99.